The van der Waals surface area contributed by atoms with E-state index < -0.39 is 0 Å². The fourth-order valence-corrected chi connectivity index (χ4v) is 3.78. The Balaban J connectivity index is 1.41. The molecule has 5 nitrogen and oxygen atoms in total. The molecule has 2 saturated carbocycles. The summed E-state index contributed by atoms with van der Waals surface area (Å²) in [5.74, 6) is 2.89. The van der Waals surface area contributed by atoms with E-state index in [1.807, 2.05) is 0 Å². The average molecular weight is 304 g/mol. The van der Waals surface area contributed by atoms with Crippen molar-refractivity contribution in [2.75, 3.05) is 6.54 Å². The van der Waals surface area contributed by atoms with Crippen molar-refractivity contribution >= 4 is 5.91 Å². The van der Waals surface area contributed by atoms with E-state index in [1.165, 1.54) is 51.4 Å². The fraction of sp³-hybridized carbons (Fsp3) is 0.824. The van der Waals surface area contributed by atoms with Crippen LogP contribution in [0, 0.1) is 5.92 Å². The number of carbonyl (C=O) groups is 1. The molecule has 2 aliphatic rings. The van der Waals surface area contributed by atoms with Gasteiger partial charge in [0.15, 0.2) is 5.82 Å². The molecule has 122 valence electrons. The number of nitrogens with zero attached hydrogens (tertiary/aromatic N) is 2. The molecule has 0 bridgehead atoms. The second-order valence-electron chi connectivity index (χ2n) is 6.85. The second kappa shape index (κ2) is 7.75. The number of hydrogen-bond acceptors (Lipinski definition) is 3. The first-order valence-corrected chi connectivity index (χ1v) is 9.02. The molecule has 0 unspecified atom stereocenters. The standard InChI is InChI=1S/C17H28N4O/c22-17(14-9-5-2-6-10-14)18-12-11-15-19-16(21-20-15)13-7-3-1-4-8-13/h13-14H,1-12H2,(H,18,22)(H,19,20,21). The molecule has 0 aliphatic heterocycles. The zero-order chi connectivity index (χ0) is 15.2. The highest BCUT2D eigenvalue weighted by Crippen LogP contribution is 2.30. The number of nitrogens with one attached hydrogen (secondary N) is 2. The molecule has 2 N–H and O–H groups in total. The van der Waals surface area contributed by atoms with E-state index in [2.05, 4.69) is 20.5 Å². The highest BCUT2D eigenvalue weighted by molar-refractivity contribution is 5.78. The molecule has 1 heterocycles. The van der Waals surface area contributed by atoms with E-state index in [-0.39, 0.29) is 11.8 Å². The van der Waals surface area contributed by atoms with Crippen molar-refractivity contribution in [2.45, 2.75) is 76.5 Å². The molecule has 2 aliphatic carbocycles. The van der Waals surface area contributed by atoms with Crippen LogP contribution in [-0.2, 0) is 11.2 Å². The molecule has 3 rings (SSSR count). The van der Waals surface area contributed by atoms with Crippen LogP contribution in [0.1, 0.15) is 81.8 Å². The van der Waals surface area contributed by atoms with Gasteiger partial charge in [-0.2, -0.15) is 5.10 Å². The van der Waals surface area contributed by atoms with E-state index >= 15 is 0 Å². The van der Waals surface area contributed by atoms with Crippen molar-refractivity contribution in [3.05, 3.63) is 11.6 Å². The third kappa shape index (κ3) is 4.08. The predicted octanol–water partition coefficient (Wildman–Crippen LogP) is 3.09. The summed E-state index contributed by atoms with van der Waals surface area (Å²) in [6, 6.07) is 0. The van der Waals surface area contributed by atoms with Crippen molar-refractivity contribution in [3.8, 4) is 0 Å². The number of hydrogen-bond donors (Lipinski definition) is 2. The van der Waals surface area contributed by atoms with E-state index in [1.54, 1.807) is 0 Å². The summed E-state index contributed by atoms with van der Waals surface area (Å²) in [6.07, 6.45) is 12.9. The molecule has 0 aromatic carbocycles. The Hall–Kier alpha value is -1.39. The third-order valence-electron chi connectivity index (χ3n) is 5.16. The Kier molecular flexibility index (Phi) is 5.46. The van der Waals surface area contributed by atoms with Gasteiger partial charge in [-0.05, 0) is 25.7 Å². The zero-order valence-electron chi connectivity index (χ0n) is 13.4. The van der Waals surface area contributed by atoms with Crippen LogP contribution in [-0.4, -0.2) is 27.6 Å². The highest BCUT2D eigenvalue weighted by atomic mass is 16.1. The number of rotatable bonds is 5. The average Bonchev–Trinajstić information content (AvgIpc) is 3.05. The normalized spacial score (nSPS) is 20.9. The SMILES string of the molecule is O=C(NCCc1nc(C2CCCCC2)n[nH]1)C1CCCCC1. The summed E-state index contributed by atoms with van der Waals surface area (Å²) in [5.41, 5.74) is 0. The van der Waals surface area contributed by atoms with Crippen molar-refractivity contribution in [2.24, 2.45) is 5.92 Å². The summed E-state index contributed by atoms with van der Waals surface area (Å²) in [4.78, 5) is 16.7. The summed E-state index contributed by atoms with van der Waals surface area (Å²) >= 11 is 0. The maximum Gasteiger partial charge on any atom is 0.223 e. The monoisotopic (exact) mass is 304 g/mol. The summed E-state index contributed by atoms with van der Waals surface area (Å²) < 4.78 is 0. The van der Waals surface area contributed by atoms with Gasteiger partial charge in [0.2, 0.25) is 5.91 Å². The second-order valence-corrected chi connectivity index (χ2v) is 6.85. The lowest BCUT2D eigenvalue weighted by Gasteiger charge is -2.20. The molecule has 5 heteroatoms. The minimum atomic E-state index is 0.228. The molecule has 1 aromatic heterocycles. The van der Waals surface area contributed by atoms with Gasteiger partial charge >= 0.3 is 0 Å². The van der Waals surface area contributed by atoms with Gasteiger partial charge in [-0.15, -0.1) is 0 Å². The van der Waals surface area contributed by atoms with E-state index in [9.17, 15) is 4.79 Å². The molecule has 0 atom stereocenters. The van der Waals surface area contributed by atoms with Crippen LogP contribution < -0.4 is 5.32 Å². The quantitative estimate of drug-likeness (QED) is 0.878. The largest absolute Gasteiger partial charge is 0.355 e. The molecule has 2 fully saturated rings. The predicted molar refractivity (Wildman–Crippen MR) is 85.5 cm³/mol. The Bertz CT molecular complexity index is 473. The Morgan fingerprint density at radius 1 is 1.05 bits per heavy atom. The van der Waals surface area contributed by atoms with Crippen molar-refractivity contribution in [1.82, 2.24) is 20.5 Å². The molecule has 0 saturated heterocycles. The molecule has 0 radical (unpaired) electrons. The van der Waals surface area contributed by atoms with Gasteiger partial charge in [0.25, 0.3) is 0 Å². The topological polar surface area (TPSA) is 70.7 Å². The Morgan fingerprint density at radius 3 is 2.45 bits per heavy atom. The number of aromatic nitrogens is 3. The van der Waals surface area contributed by atoms with Crippen LogP contribution in [0.25, 0.3) is 0 Å². The highest BCUT2D eigenvalue weighted by Gasteiger charge is 2.21. The van der Waals surface area contributed by atoms with E-state index in [0.717, 1.165) is 30.9 Å². The minimum absolute atomic E-state index is 0.228. The minimum Gasteiger partial charge on any atom is -0.355 e. The van der Waals surface area contributed by atoms with Gasteiger partial charge in [0.1, 0.15) is 5.82 Å². The van der Waals surface area contributed by atoms with Gasteiger partial charge in [-0.3, -0.25) is 9.89 Å². The number of amides is 1. The first kappa shape index (κ1) is 15.5. The van der Waals surface area contributed by atoms with Crippen LogP contribution in [0.5, 0.6) is 0 Å². The molecule has 0 spiro atoms. The van der Waals surface area contributed by atoms with E-state index in [0.29, 0.717) is 12.5 Å². The number of carbonyl (C=O) groups excluding carboxylic acids is 1. The molecular formula is C17H28N4O. The number of H-pyrrole nitrogens is 1. The molecule has 1 aromatic rings. The van der Waals surface area contributed by atoms with Crippen LogP contribution in [0.4, 0.5) is 0 Å². The molecule has 1 amide bonds. The van der Waals surface area contributed by atoms with Crippen molar-refractivity contribution in [3.63, 3.8) is 0 Å². The number of aromatic amines is 1. The van der Waals surface area contributed by atoms with E-state index in [4.69, 9.17) is 0 Å². The van der Waals surface area contributed by atoms with Gasteiger partial charge in [0, 0.05) is 24.8 Å². The first-order valence-electron chi connectivity index (χ1n) is 9.02. The van der Waals surface area contributed by atoms with Crippen LogP contribution >= 0.6 is 0 Å². The Labute approximate surface area is 132 Å². The third-order valence-corrected chi connectivity index (χ3v) is 5.16. The summed E-state index contributed by atoms with van der Waals surface area (Å²) in [5, 5.41) is 10.5. The van der Waals surface area contributed by atoms with Crippen molar-refractivity contribution in [1.29, 1.82) is 0 Å². The lowest BCUT2D eigenvalue weighted by atomic mass is 9.88. The lowest BCUT2D eigenvalue weighted by molar-refractivity contribution is -0.125. The lowest BCUT2D eigenvalue weighted by Crippen LogP contribution is -2.33. The Morgan fingerprint density at radius 2 is 1.73 bits per heavy atom. The smallest absolute Gasteiger partial charge is 0.223 e. The van der Waals surface area contributed by atoms with Crippen LogP contribution in [0.15, 0.2) is 0 Å². The summed E-state index contributed by atoms with van der Waals surface area (Å²) in [6.45, 7) is 0.661. The fourth-order valence-electron chi connectivity index (χ4n) is 3.78. The van der Waals surface area contributed by atoms with Gasteiger partial charge in [-0.25, -0.2) is 4.98 Å². The summed E-state index contributed by atoms with van der Waals surface area (Å²) in [7, 11) is 0. The van der Waals surface area contributed by atoms with Crippen LogP contribution in [0.2, 0.25) is 0 Å². The molecular weight excluding hydrogens is 276 g/mol. The maximum absolute atomic E-state index is 12.1. The van der Waals surface area contributed by atoms with Gasteiger partial charge < -0.3 is 5.32 Å². The maximum atomic E-state index is 12.1. The van der Waals surface area contributed by atoms with Gasteiger partial charge in [-0.1, -0.05) is 38.5 Å². The zero-order valence-corrected chi connectivity index (χ0v) is 13.4. The van der Waals surface area contributed by atoms with Crippen molar-refractivity contribution < 1.29 is 4.79 Å². The molecule has 22 heavy (non-hydrogen) atoms. The van der Waals surface area contributed by atoms with Gasteiger partial charge in [0.05, 0.1) is 0 Å². The van der Waals surface area contributed by atoms with Crippen LogP contribution in [0.3, 0.4) is 0 Å². The first-order chi connectivity index (χ1) is 10.8.